The van der Waals surface area contributed by atoms with Crippen LogP contribution < -0.4 is 10.2 Å². The molecular formula is C33H32N6O. The largest absolute Gasteiger partial charge is 0.353 e. The fourth-order valence-corrected chi connectivity index (χ4v) is 5.09. The van der Waals surface area contributed by atoms with E-state index in [0.717, 1.165) is 72.8 Å². The molecule has 0 aliphatic carbocycles. The minimum absolute atomic E-state index is 0.0167. The summed E-state index contributed by atoms with van der Waals surface area (Å²) in [5.74, 6) is 0.933. The minimum Gasteiger partial charge on any atom is -0.353 e. The molecule has 7 heteroatoms. The van der Waals surface area contributed by atoms with E-state index in [1.54, 1.807) is 0 Å². The van der Waals surface area contributed by atoms with Gasteiger partial charge < -0.3 is 10.2 Å². The molecule has 3 aromatic carbocycles. The Labute approximate surface area is 234 Å². The van der Waals surface area contributed by atoms with Crippen LogP contribution in [0.25, 0.3) is 22.2 Å². The molecule has 40 heavy (non-hydrogen) atoms. The van der Waals surface area contributed by atoms with Gasteiger partial charge in [0.1, 0.15) is 5.82 Å². The quantitative estimate of drug-likeness (QED) is 0.283. The van der Waals surface area contributed by atoms with Crippen LogP contribution in [0.5, 0.6) is 0 Å². The maximum Gasteiger partial charge on any atom is 0.224 e. The van der Waals surface area contributed by atoms with Crippen LogP contribution in [0.4, 0.5) is 11.5 Å². The highest BCUT2D eigenvalue weighted by Gasteiger charge is 2.19. The molecule has 200 valence electrons. The molecule has 1 saturated heterocycles. The molecule has 1 amide bonds. The number of aryl methyl sites for hydroxylation is 1. The number of nitrogens with zero attached hydrogens (tertiary/aromatic N) is 5. The number of anilines is 2. The average molecular weight is 529 g/mol. The second kappa shape index (κ2) is 12.1. The van der Waals surface area contributed by atoms with E-state index in [1.165, 1.54) is 11.1 Å². The van der Waals surface area contributed by atoms with E-state index in [4.69, 9.17) is 9.97 Å². The topological polar surface area (TPSA) is 74.2 Å². The van der Waals surface area contributed by atoms with Gasteiger partial charge in [-0.25, -0.2) is 4.98 Å². The number of rotatable bonds is 8. The van der Waals surface area contributed by atoms with Crippen LogP contribution in [-0.4, -0.2) is 51.9 Å². The summed E-state index contributed by atoms with van der Waals surface area (Å²) in [6, 6.07) is 28.3. The van der Waals surface area contributed by atoms with Crippen molar-refractivity contribution in [2.75, 3.05) is 36.4 Å². The predicted molar refractivity (Wildman–Crippen MR) is 160 cm³/mol. The number of hydrogen-bond donors (Lipinski definition) is 1. The predicted octanol–water partition coefficient (Wildman–Crippen LogP) is 5.59. The number of pyridine rings is 1. The zero-order chi connectivity index (χ0) is 27.1. The van der Waals surface area contributed by atoms with Gasteiger partial charge in [0.2, 0.25) is 5.91 Å². The van der Waals surface area contributed by atoms with Gasteiger partial charge in [-0.1, -0.05) is 54.6 Å². The van der Waals surface area contributed by atoms with Gasteiger partial charge in [0.05, 0.1) is 17.2 Å². The Hall–Kier alpha value is -4.62. The third-order valence-electron chi connectivity index (χ3n) is 7.34. The first-order valence-electron chi connectivity index (χ1n) is 13.8. The van der Waals surface area contributed by atoms with Gasteiger partial charge in [0.25, 0.3) is 0 Å². The van der Waals surface area contributed by atoms with E-state index in [1.807, 2.05) is 85.3 Å². The first-order chi connectivity index (χ1) is 19.7. The Morgan fingerprint density at radius 2 is 1.55 bits per heavy atom. The van der Waals surface area contributed by atoms with Crippen molar-refractivity contribution in [3.8, 4) is 11.1 Å². The standard InChI is InChI=1S/C33H32N6O/c40-33(15-8-25-5-2-1-3-6-25)36-29-12-9-27(10-13-29)28-11-14-30-31(21-28)37-32(23-35-30)39-19-17-38(18-20-39)24-26-7-4-16-34-22-26/h1-7,9-14,16,21-23H,8,15,17-20,24H2,(H,36,40). The summed E-state index contributed by atoms with van der Waals surface area (Å²) in [7, 11) is 0. The first-order valence-corrected chi connectivity index (χ1v) is 13.8. The van der Waals surface area contributed by atoms with E-state index in [2.05, 4.69) is 38.3 Å². The summed E-state index contributed by atoms with van der Waals surface area (Å²) in [6.07, 6.45) is 6.82. The number of carbonyl (C=O) groups excluding carboxylic acids is 1. The van der Waals surface area contributed by atoms with Crippen molar-refractivity contribution < 1.29 is 4.79 Å². The fourth-order valence-electron chi connectivity index (χ4n) is 5.09. The number of benzene rings is 3. The molecule has 1 aliphatic rings. The second-order valence-corrected chi connectivity index (χ2v) is 10.2. The van der Waals surface area contributed by atoms with Gasteiger partial charge in [-0.05, 0) is 59.0 Å². The summed E-state index contributed by atoms with van der Waals surface area (Å²) >= 11 is 0. The number of carbonyl (C=O) groups is 1. The SMILES string of the molecule is O=C(CCc1ccccc1)Nc1ccc(-c2ccc3ncc(N4CCN(Cc5cccnc5)CC4)nc3c2)cc1. The normalized spacial score (nSPS) is 13.8. The maximum absolute atomic E-state index is 12.4. The van der Waals surface area contributed by atoms with E-state index in [0.29, 0.717) is 6.42 Å². The van der Waals surface area contributed by atoms with Crippen LogP contribution in [0, 0.1) is 0 Å². The molecule has 1 N–H and O–H groups in total. The van der Waals surface area contributed by atoms with Crippen LogP contribution in [-0.2, 0) is 17.8 Å². The van der Waals surface area contributed by atoms with Gasteiger partial charge in [0.15, 0.2) is 0 Å². The van der Waals surface area contributed by atoms with Gasteiger partial charge in [-0.15, -0.1) is 0 Å². The lowest BCUT2D eigenvalue weighted by Gasteiger charge is -2.35. The lowest BCUT2D eigenvalue weighted by atomic mass is 10.0. The zero-order valence-corrected chi connectivity index (χ0v) is 22.4. The van der Waals surface area contributed by atoms with Crippen molar-refractivity contribution in [1.29, 1.82) is 0 Å². The summed E-state index contributed by atoms with van der Waals surface area (Å²) in [5.41, 5.74) is 7.11. The molecule has 6 rings (SSSR count). The van der Waals surface area contributed by atoms with Crippen molar-refractivity contribution in [2.24, 2.45) is 0 Å². The molecule has 0 atom stereocenters. The van der Waals surface area contributed by atoms with E-state index >= 15 is 0 Å². The summed E-state index contributed by atoms with van der Waals surface area (Å²) in [6.45, 7) is 4.70. The number of fused-ring (bicyclic) bond motifs is 1. The number of hydrogen-bond acceptors (Lipinski definition) is 6. The van der Waals surface area contributed by atoms with Crippen LogP contribution >= 0.6 is 0 Å². The molecule has 0 bridgehead atoms. The zero-order valence-electron chi connectivity index (χ0n) is 22.4. The second-order valence-electron chi connectivity index (χ2n) is 10.2. The Morgan fingerprint density at radius 3 is 2.33 bits per heavy atom. The Balaban J connectivity index is 1.08. The lowest BCUT2D eigenvalue weighted by molar-refractivity contribution is -0.116. The third kappa shape index (κ3) is 6.33. The number of amides is 1. The Morgan fingerprint density at radius 1 is 0.775 bits per heavy atom. The Bertz CT molecular complexity index is 1570. The van der Waals surface area contributed by atoms with Crippen LogP contribution in [0.2, 0.25) is 0 Å². The highest BCUT2D eigenvalue weighted by molar-refractivity contribution is 5.91. The van der Waals surface area contributed by atoms with Gasteiger partial charge in [-0.2, -0.15) is 0 Å². The van der Waals surface area contributed by atoms with Crippen LogP contribution in [0.15, 0.2) is 104 Å². The molecule has 2 aromatic heterocycles. The van der Waals surface area contributed by atoms with Crippen molar-refractivity contribution in [3.05, 3.63) is 115 Å². The summed E-state index contributed by atoms with van der Waals surface area (Å²) in [5, 5.41) is 3.01. The highest BCUT2D eigenvalue weighted by atomic mass is 16.1. The van der Waals surface area contributed by atoms with Crippen LogP contribution in [0.1, 0.15) is 17.5 Å². The minimum atomic E-state index is 0.0167. The summed E-state index contributed by atoms with van der Waals surface area (Å²) in [4.78, 5) is 31.1. The van der Waals surface area contributed by atoms with Gasteiger partial charge in [0, 0.05) is 57.2 Å². The number of nitrogens with one attached hydrogen (secondary N) is 1. The van der Waals surface area contributed by atoms with E-state index in [-0.39, 0.29) is 5.91 Å². The molecular weight excluding hydrogens is 496 g/mol. The molecule has 5 aromatic rings. The number of aromatic nitrogens is 3. The van der Waals surface area contributed by atoms with E-state index < -0.39 is 0 Å². The third-order valence-corrected chi connectivity index (χ3v) is 7.34. The van der Waals surface area contributed by atoms with Crippen LogP contribution in [0.3, 0.4) is 0 Å². The van der Waals surface area contributed by atoms with Crippen molar-refractivity contribution in [3.63, 3.8) is 0 Å². The monoisotopic (exact) mass is 528 g/mol. The molecule has 0 spiro atoms. The molecule has 7 nitrogen and oxygen atoms in total. The molecule has 1 aliphatic heterocycles. The number of piperazine rings is 1. The van der Waals surface area contributed by atoms with E-state index in [9.17, 15) is 4.79 Å². The van der Waals surface area contributed by atoms with Crippen molar-refractivity contribution in [2.45, 2.75) is 19.4 Å². The first kappa shape index (κ1) is 25.6. The molecule has 0 unspecified atom stereocenters. The van der Waals surface area contributed by atoms with Crippen molar-refractivity contribution in [1.82, 2.24) is 19.9 Å². The van der Waals surface area contributed by atoms with Crippen molar-refractivity contribution >= 4 is 28.4 Å². The smallest absolute Gasteiger partial charge is 0.224 e. The average Bonchev–Trinajstić information content (AvgIpc) is 3.01. The molecule has 0 radical (unpaired) electrons. The molecule has 1 fully saturated rings. The maximum atomic E-state index is 12.4. The lowest BCUT2D eigenvalue weighted by Crippen LogP contribution is -2.46. The Kier molecular flexibility index (Phi) is 7.73. The van der Waals surface area contributed by atoms with Gasteiger partial charge in [-0.3, -0.25) is 19.7 Å². The fraction of sp³-hybridized carbons (Fsp3) is 0.212. The highest BCUT2D eigenvalue weighted by Crippen LogP contribution is 2.26. The molecule has 3 heterocycles. The molecule has 0 saturated carbocycles. The summed E-state index contributed by atoms with van der Waals surface area (Å²) < 4.78 is 0. The van der Waals surface area contributed by atoms with Gasteiger partial charge >= 0.3 is 0 Å².